The Bertz CT molecular complexity index is 346. The molecule has 2 heteroatoms. The molecule has 1 aliphatic carbocycles. The van der Waals surface area contributed by atoms with Crippen molar-refractivity contribution in [3.63, 3.8) is 0 Å². The molecule has 1 aromatic carbocycles. The zero-order chi connectivity index (χ0) is 10.5. The fourth-order valence-corrected chi connectivity index (χ4v) is 2.30. The largest absolute Gasteiger partial charge is 0.310 e. The van der Waals surface area contributed by atoms with E-state index in [9.17, 15) is 0 Å². The summed E-state index contributed by atoms with van der Waals surface area (Å²) in [6.07, 6.45) is 8.21. The van der Waals surface area contributed by atoms with Crippen molar-refractivity contribution >= 4 is 15.9 Å². The molecule has 1 aliphatic rings. The quantitative estimate of drug-likeness (QED) is 0.823. The van der Waals surface area contributed by atoms with Gasteiger partial charge >= 0.3 is 0 Å². The number of hydrogen-bond acceptors (Lipinski definition) is 1. The topological polar surface area (TPSA) is 12.0 Å². The molecular weight excluding hydrogens is 250 g/mol. The highest BCUT2D eigenvalue weighted by Crippen LogP contribution is 2.17. The molecule has 0 heterocycles. The van der Waals surface area contributed by atoms with Gasteiger partial charge in [-0.3, -0.25) is 0 Å². The molecule has 0 radical (unpaired) electrons. The number of hydrogen-bond donors (Lipinski definition) is 1. The maximum absolute atomic E-state index is 3.60. The predicted octanol–water partition coefficient (Wildman–Crippen LogP) is 3.65. The summed E-state index contributed by atoms with van der Waals surface area (Å²) >= 11 is 3.57. The van der Waals surface area contributed by atoms with Crippen LogP contribution in [0.1, 0.15) is 24.8 Å². The van der Waals surface area contributed by atoms with Crippen molar-refractivity contribution in [2.45, 2.75) is 31.8 Å². The maximum Gasteiger partial charge on any atom is 0.0220 e. The SMILES string of the molecule is Brc1ccccc1CNC1CC=CCC1. The average molecular weight is 266 g/mol. The second-order valence-electron chi connectivity index (χ2n) is 3.95. The van der Waals surface area contributed by atoms with E-state index in [0.29, 0.717) is 6.04 Å². The zero-order valence-corrected chi connectivity index (χ0v) is 10.3. The lowest BCUT2D eigenvalue weighted by Gasteiger charge is -2.19. The van der Waals surface area contributed by atoms with Crippen molar-refractivity contribution in [2.24, 2.45) is 0 Å². The van der Waals surface area contributed by atoms with E-state index >= 15 is 0 Å². The summed E-state index contributed by atoms with van der Waals surface area (Å²) in [6, 6.07) is 9.05. The summed E-state index contributed by atoms with van der Waals surface area (Å²) in [4.78, 5) is 0. The van der Waals surface area contributed by atoms with Crippen molar-refractivity contribution in [2.75, 3.05) is 0 Å². The Morgan fingerprint density at radius 2 is 2.13 bits per heavy atom. The summed E-state index contributed by atoms with van der Waals surface area (Å²) in [5.74, 6) is 0. The number of allylic oxidation sites excluding steroid dienone is 1. The third kappa shape index (κ3) is 3.18. The van der Waals surface area contributed by atoms with Gasteiger partial charge in [0.1, 0.15) is 0 Å². The first kappa shape index (κ1) is 10.9. The second-order valence-corrected chi connectivity index (χ2v) is 4.81. The van der Waals surface area contributed by atoms with Crippen LogP contribution in [0.4, 0.5) is 0 Å². The van der Waals surface area contributed by atoms with Gasteiger partial charge in [-0.25, -0.2) is 0 Å². The molecule has 0 spiro atoms. The highest BCUT2D eigenvalue weighted by Gasteiger charge is 2.09. The van der Waals surface area contributed by atoms with Crippen LogP contribution in [0, 0.1) is 0 Å². The molecule has 1 unspecified atom stereocenters. The van der Waals surface area contributed by atoms with Crippen LogP contribution in [0.25, 0.3) is 0 Å². The van der Waals surface area contributed by atoms with E-state index in [1.807, 2.05) is 0 Å². The highest BCUT2D eigenvalue weighted by molar-refractivity contribution is 9.10. The minimum atomic E-state index is 0.655. The molecular formula is C13H16BrN. The molecule has 0 aliphatic heterocycles. The molecule has 0 amide bonds. The Balaban J connectivity index is 1.87. The maximum atomic E-state index is 3.60. The first-order valence-electron chi connectivity index (χ1n) is 5.48. The lowest BCUT2D eigenvalue weighted by atomic mass is 10.0. The number of nitrogens with one attached hydrogen (secondary N) is 1. The van der Waals surface area contributed by atoms with Gasteiger partial charge in [0.05, 0.1) is 0 Å². The lowest BCUT2D eigenvalue weighted by Crippen LogP contribution is -2.29. The fraction of sp³-hybridized carbons (Fsp3) is 0.385. The first-order chi connectivity index (χ1) is 7.36. The van der Waals surface area contributed by atoms with Gasteiger partial charge in [-0.05, 0) is 30.9 Å². The highest BCUT2D eigenvalue weighted by atomic mass is 79.9. The van der Waals surface area contributed by atoms with Crippen LogP contribution in [0.3, 0.4) is 0 Å². The number of benzene rings is 1. The van der Waals surface area contributed by atoms with Crippen molar-refractivity contribution in [3.8, 4) is 0 Å². The van der Waals surface area contributed by atoms with Gasteiger partial charge in [-0.1, -0.05) is 46.3 Å². The molecule has 80 valence electrons. The van der Waals surface area contributed by atoms with Gasteiger partial charge in [0.15, 0.2) is 0 Å². The van der Waals surface area contributed by atoms with E-state index in [0.717, 1.165) is 6.54 Å². The van der Waals surface area contributed by atoms with E-state index in [-0.39, 0.29) is 0 Å². The zero-order valence-electron chi connectivity index (χ0n) is 8.75. The molecule has 1 N–H and O–H groups in total. The number of rotatable bonds is 3. The summed E-state index contributed by atoms with van der Waals surface area (Å²) in [5, 5.41) is 3.60. The van der Waals surface area contributed by atoms with E-state index in [2.05, 4.69) is 57.7 Å². The fourth-order valence-electron chi connectivity index (χ4n) is 1.88. The van der Waals surface area contributed by atoms with E-state index in [1.54, 1.807) is 0 Å². The lowest BCUT2D eigenvalue weighted by molar-refractivity contribution is 0.474. The Labute approximate surface area is 99.7 Å². The van der Waals surface area contributed by atoms with Crippen molar-refractivity contribution < 1.29 is 0 Å². The summed E-state index contributed by atoms with van der Waals surface area (Å²) < 4.78 is 1.20. The molecule has 0 saturated heterocycles. The van der Waals surface area contributed by atoms with Crippen LogP contribution in [-0.2, 0) is 6.54 Å². The molecule has 2 rings (SSSR count). The Morgan fingerprint density at radius 3 is 2.87 bits per heavy atom. The van der Waals surface area contributed by atoms with Gasteiger partial charge in [0.2, 0.25) is 0 Å². The molecule has 0 fully saturated rings. The molecule has 1 nitrogen and oxygen atoms in total. The van der Waals surface area contributed by atoms with Crippen molar-refractivity contribution in [3.05, 3.63) is 46.5 Å². The monoisotopic (exact) mass is 265 g/mol. The standard InChI is InChI=1S/C13H16BrN/c14-13-9-5-4-6-11(13)10-15-12-7-2-1-3-8-12/h1-2,4-6,9,12,15H,3,7-8,10H2. The molecule has 1 aromatic rings. The van der Waals surface area contributed by atoms with Crippen LogP contribution in [0.2, 0.25) is 0 Å². The average Bonchev–Trinajstić information content (AvgIpc) is 2.29. The smallest absolute Gasteiger partial charge is 0.0220 e. The third-order valence-corrected chi connectivity index (χ3v) is 3.58. The Hall–Kier alpha value is -0.600. The van der Waals surface area contributed by atoms with Crippen LogP contribution in [0.5, 0.6) is 0 Å². The van der Waals surface area contributed by atoms with Gasteiger partial charge in [0.25, 0.3) is 0 Å². The first-order valence-corrected chi connectivity index (χ1v) is 6.27. The molecule has 0 bridgehead atoms. The van der Waals surface area contributed by atoms with E-state index < -0.39 is 0 Å². The van der Waals surface area contributed by atoms with Gasteiger partial charge in [0, 0.05) is 17.1 Å². The molecule has 1 atom stereocenters. The van der Waals surface area contributed by atoms with Gasteiger partial charge in [-0.2, -0.15) is 0 Å². The minimum absolute atomic E-state index is 0.655. The molecule has 15 heavy (non-hydrogen) atoms. The van der Waals surface area contributed by atoms with E-state index in [4.69, 9.17) is 0 Å². The summed E-state index contributed by atoms with van der Waals surface area (Å²) in [7, 11) is 0. The molecule has 0 saturated carbocycles. The molecule has 0 aromatic heterocycles. The minimum Gasteiger partial charge on any atom is -0.310 e. The van der Waals surface area contributed by atoms with Gasteiger partial charge < -0.3 is 5.32 Å². The van der Waals surface area contributed by atoms with Crippen LogP contribution >= 0.6 is 15.9 Å². The van der Waals surface area contributed by atoms with Crippen LogP contribution in [-0.4, -0.2) is 6.04 Å². The summed E-state index contributed by atoms with van der Waals surface area (Å²) in [6.45, 7) is 0.958. The van der Waals surface area contributed by atoms with E-state index in [1.165, 1.54) is 29.3 Å². The van der Waals surface area contributed by atoms with Crippen molar-refractivity contribution in [1.29, 1.82) is 0 Å². The van der Waals surface area contributed by atoms with Crippen LogP contribution < -0.4 is 5.32 Å². The third-order valence-electron chi connectivity index (χ3n) is 2.81. The second kappa shape index (κ2) is 5.47. The Morgan fingerprint density at radius 1 is 1.27 bits per heavy atom. The number of halogens is 1. The predicted molar refractivity (Wildman–Crippen MR) is 67.8 cm³/mol. The normalized spacial score (nSPS) is 20.5. The van der Waals surface area contributed by atoms with Crippen LogP contribution in [0.15, 0.2) is 40.9 Å². The summed E-state index contributed by atoms with van der Waals surface area (Å²) in [5.41, 5.74) is 1.34. The Kier molecular flexibility index (Phi) is 3.98. The van der Waals surface area contributed by atoms with Gasteiger partial charge in [-0.15, -0.1) is 0 Å². The van der Waals surface area contributed by atoms with Crippen molar-refractivity contribution in [1.82, 2.24) is 5.32 Å².